The Balaban J connectivity index is 0.000000292. The van der Waals surface area contributed by atoms with Gasteiger partial charge in [-0.15, -0.1) is 0 Å². The molecule has 0 unspecified atom stereocenters. The van der Waals surface area contributed by atoms with Crippen LogP contribution in [-0.4, -0.2) is 138 Å². The quantitative estimate of drug-likeness (QED) is 0.0986. The number of nitrogens with one attached hydrogen (secondary N) is 1. The molecular weight excluding hydrogens is 1220 g/mol. The van der Waals surface area contributed by atoms with E-state index in [1.807, 2.05) is 78.8 Å². The molecule has 5 aliphatic rings. The number of alkyl halides is 3. The van der Waals surface area contributed by atoms with E-state index in [9.17, 15) is 46.7 Å². The van der Waals surface area contributed by atoms with Gasteiger partial charge in [0.2, 0.25) is 5.60 Å². The average molecular weight is 1330 g/mol. The van der Waals surface area contributed by atoms with Gasteiger partial charge in [-0.2, -0.15) is 13.2 Å². The van der Waals surface area contributed by atoms with E-state index >= 15 is 0 Å². The number of imidazole rings is 1. The summed E-state index contributed by atoms with van der Waals surface area (Å²) in [5.41, 5.74) is -1.42. The van der Waals surface area contributed by atoms with E-state index in [0.717, 1.165) is 103 Å². The minimum Gasteiger partial charge on any atom is -0.384 e. The normalized spacial score (nSPS) is 18.5. The summed E-state index contributed by atoms with van der Waals surface area (Å²) in [5, 5.41) is 3.55. The largest absolute Gasteiger partial charge is 0.428 e. The molecule has 530 valence electrons. The summed E-state index contributed by atoms with van der Waals surface area (Å²) in [6, 6.07) is 25.0. The zero-order valence-electron chi connectivity index (χ0n) is 60.4. The number of nitrogens with zero attached hydrogens (tertiary/aromatic N) is 3. The van der Waals surface area contributed by atoms with E-state index in [-0.39, 0.29) is 51.2 Å². The fourth-order valence-corrected chi connectivity index (χ4v) is 12.8. The van der Waals surface area contributed by atoms with E-state index in [2.05, 4.69) is 44.2 Å². The van der Waals surface area contributed by atoms with Crippen molar-refractivity contribution in [2.45, 2.75) is 257 Å². The number of Topliss-reactive ketones (excluding diaryl/α,β-unsaturated/α-hetero) is 7. The lowest BCUT2D eigenvalue weighted by Crippen LogP contribution is -2.55. The molecule has 1 N–H and O–H groups in total. The second-order valence-electron chi connectivity index (χ2n) is 27.4. The number of likely N-dealkylation sites (tertiary alicyclic amines) is 1. The summed E-state index contributed by atoms with van der Waals surface area (Å²) < 4.78 is 66.6. The van der Waals surface area contributed by atoms with Gasteiger partial charge in [0.25, 0.3) is 0 Å². The molecule has 3 aliphatic carbocycles. The summed E-state index contributed by atoms with van der Waals surface area (Å²) in [5.74, 6) is 0.252. The Morgan fingerprint density at radius 3 is 1.48 bits per heavy atom. The lowest BCUT2D eigenvalue weighted by Gasteiger charge is -2.45. The molecule has 0 bridgehead atoms. The lowest BCUT2D eigenvalue weighted by atomic mass is 9.73. The number of rotatable bonds is 18. The number of hydrogen-bond acceptors (Lipinski definition) is 15. The molecule has 1 saturated heterocycles. The molecule has 1 aromatic heterocycles. The molecule has 3 atom stereocenters. The van der Waals surface area contributed by atoms with Crippen molar-refractivity contribution in [3.63, 3.8) is 0 Å². The van der Waals surface area contributed by atoms with Crippen LogP contribution in [0.2, 0.25) is 0 Å². The Bertz CT molecular complexity index is 3020. The number of carbonyl (C=O) groups is 7. The Hall–Kier alpha value is -6.09. The summed E-state index contributed by atoms with van der Waals surface area (Å²) in [7, 11) is 5.70. The van der Waals surface area contributed by atoms with Gasteiger partial charge in [-0.25, -0.2) is 4.98 Å². The molecule has 2 aliphatic heterocycles. The van der Waals surface area contributed by atoms with Gasteiger partial charge in [0.15, 0.2) is 34.7 Å². The first-order chi connectivity index (χ1) is 44.5. The van der Waals surface area contributed by atoms with Crippen molar-refractivity contribution >= 4 is 46.2 Å². The van der Waals surface area contributed by atoms with Crippen molar-refractivity contribution < 1.29 is 70.4 Å². The van der Waals surface area contributed by atoms with Crippen molar-refractivity contribution in [2.75, 3.05) is 53.4 Å². The van der Waals surface area contributed by atoms with Gasteiger partial charge < -0.3 is 33.6 Å². The summed E-state index contributed by atoms with van der Waals surface area (Å²) >= 11 is 0. The molecule has 19 heteroatoms. The third-order valence-corrected chi connectivity index (χ3v) is 20.4. The molecule has 4 aromatic rings. The summed E-state index contributed by atoms with van der Waals surface area (Å²) in [4.78, 5) is 85.3. The van der Waals surface area contributed by atoms with Crippen LogP contribution in [0.15, 0.2) is 104 Å². The standard InChI is InChI=1S/C17H24N2O.C11H11F3O2.2C11H20O2.C10H12O2.C8H12N2O.C8H14O2/c1-13(20)16(2,3)19-10-8-17(9-11-19)12-18-15-7-5-4-6-14(15)17;1-8(15)10(16-2,11(12,13)14)9-6-4-3-5-7-9;1-9(12)11(2,13-3)10-7-5-4-6-8-10;1-9(12)11(2,3)13-10-7-5-4-6-8-10;1-8(11)10(12-2)9-6-4-3-5-7-9;1-7(11)8(2,3)10-5-4-9-6-10;1-7(9)8(10-2)5-3-4-6-8/h4-7,18H,8-12H2,1-3H3;3-7H,1-2H3;2*10H,4-8H2,1-3H3;3-7,10H,1-2H3;4-6H,1-3H3;3-6H2,1-2H3/t;10-;11-;;10-;;/m.00.0../s1. The van der Waals surface area contributed by atoms with Crippen molar-refractivity contribution in [1.82, 2.24) is 14.5 Å². The van der Waals surface area contributed by atoms with Crippen molar-refractivity contribution in [3.05, 3.63) is 120 Å². The van der Waals surface area contributed by atoms with Crippen LogP contribution in [0, 0.1) is 5.92 Å². The minimum atomic E-state index is -4.78. The molecule has 3 saturated carbocycles. The third-order valence-electron chi connectivity index (χ3n) is 20.4. The number of para-hydroxylation sites is 1. The fourth-order valence-electron chi connectivity index (χ4n) is 12.8. The zero-order chi connectivity index (χ0) is 71.6. The molecule has 3 aromatic carbocycles. The number of aromatic nitrogens is 2. The van der Waals surface area contributed by atoms with Crippen LogP contribution < -0.4 is 5.32 Å². The topological polar surface area (TPSA) is 199 Å². The van der Waals surface area contributed by atoms with Crippen LogP contribution >= 0.6 is 0 Å². The molecule has 4 fully saturated rings. The molecule has 0 radical (unpaired) electrons. The van der Waals surface area contributed by atoms with Crippen LogP contribution in [0.1, 0.15) is 222 Å². The van der Waals surface area contributed by atoms with Crippen molar-refractivity contribution in [2.24, 2.45) is 5.92 Å². The van der Waals surface area contributed by atoms with Crippen molar-refractivity contribution in [1.29, 1.82) is 0 Å². The molecule has 0 amide bonds. The number of halogens is 3. The Morgan fingerprint density at radius 2 is 1.08 bits per heavy atom. The molecular formula is C76H113F3N4O12. The predicted molar refractivity (Wildman–Crippen MR) is 367 cm³/mol. The first-order valence-corrected chi connectivity index (χ1v) is 33.6. The van der Waals surface area contributed by atoms with Crippen LogP contribution in [0.5, 0.6) is 0 Å². The smallest absolute Gasteiger partial charge is 0.384 e. The maximum absolute atomic E-state index is 13.0. The molecule has 16 nitrogen and oxygen atoms in total. The van der Waals surface area contributed by atoms with Crippen LogP contribution in [0.25, 0.3) is 0 Å². The molecule has 9 rings (SSSR count). The Morgan fingerprint density at radius 1 is 0.579 bits per heavy atom. The number of fused-ring (bicyclic) bond motifs is 2. The first kappa shape index (κ1) is 83.1. The number of ether oxygens (including phenoxy) is 5. The molecule has 1 spiro atoms. The number of piperidine rings is 1. The Labute approximate surface area is 565 Å². The van der Waals surface area contributed by atoms with Gasteiger partial charge in [-0.1, -0.05) is 117 Å². The maximum Gasteiger partial charge on any atom is 0.428 e. The monoisotopic (exact) mass is 1330 g/mol. The van der Waals surface area contributed by atoms with Crippen LogP contribution in [-0.2, 0) is 73.8 Å². The highest BCUT2D eigenvalue weighted by molar-refractivity contribution is 5.88. The Kier molecular flexibility index (Phi) is 32.9. The molecule has 3 heterocycles. The van der Waals surface area contributed by atoms with Gasteiger partial charge in [0, 0.05) is 77.1 Å². The fraction of sp³-hybridized carbons (Fsp3) is 0.632. The van der Waals surface area contributed by atoms with E-state index in [1.165, 1.54) is 81.0 Å². The van der Waals surface area contributed by atoms with Crippen molar-refractivity contribution in [3.8, 4) is 0 Å². The van der Waals surface area contributed by atoms with Gasteiger partial charge in [0.1, 0.15) is 28.7 Å². The van der Waals surface area contributed by atoms with Gasteiger partial charge in [0.05, 0.1) is 23.5 Å². The first-order valence-electron chi connectivity index (χ1n) is 33.6. The second kappa shape index (κ2) is 37.6. The lowest BCUT2D eigenvalue weighted by molar-refractivity contribution is -0.263. The SMILES string of the molecule is CC(=O)C(C)(C)N1CCC2(CC1)CNc1ccccc12.CC(=O)C(C)(C)OC1CCCCC1.CC(=O)C(C)(C)n1ccnc1.COC1(C(C)=O)CCCC1.CO[C@@H](C(C)=O)c1ccccc1.CO[C@@](C(C)=O)(c1ccccc1)C(F)(F)F.CO[C@@](C)(C(C)=O)C1CCCCC1. The number of carbonyl (C=O) groups excluding carboxylic acids is 7. The highest BCUT2D eigenvalue weighted by Gasteiger charge is 2.60. The van der Waals surface area contributed by atoms with Crippen LogP contribution in [0.4, 0.5) is 18.9 Å². The predicted octanol–water partition coefficient (Wildman–Crippen LogP) is 15.5. The van der Waals surface area contributed by atoms with E-state index < -0.39 is 46.0 Å². The highest BCUT2D eigenvalue weighted by Crippen LogP contribution is 2.46. The van der Waals surface area contributed by atoms with E-state index in [4.69, 9.17) is 18.9 Å². The summed E-state index contributed by atoms with van der Waals surface area (Å²) in [6.45, 7) is 27.1. The maximum atomic E-state index is 13.0. The summed E-state index contributed by atoms with van der Waals surface area (Å²) in [6.07, 6.45) is 18.8. The number of hydrogen-bond donors (Lipinski definition) is 1. The molecule has 95 heavy (non-hydrogen) atoms. The minimum absolute atomic E-state index is 0.0312. The van der Waals surface area contributed by atoms with Gasteiger partial charge in [-0.3, -0.25) is 38.5 Å². The second-order valence-corrected chi connectivity index (χ2v) is 27.4. The van der Waals surface area contributed by atoms with E-state index in [0.29, 0.717) is 12.0 Å². The van der Waals surface area contributed by atoms with Crippen LogP contribution in [0.3, 0.4) is 0 Å². The van der Waals surface area contributed by atoms with Gasteiger partial charge in [-0.05, 0) is 184 Å². The van der Waals surface area contributed by atoms with Gasteiger partial charge >= 0.3 is 6.18 Å². The highest BCUT2D eigenvalue weighted by atomic mass is 19.4. The zero-order valence-corrected chi connectivity index (χ0v) is 60.4. The van der Waals surface area contributed by atoms with E-state index in [1.54, 1.807) is 85.3 Å². The number of ketones is 7. The number of methoxy groups -OCH3 is 4. The average Bonchev–Trinajstić information content (AvgIpc) is 1.73. The third kappa shape index (κ3) is 22.5. The number of benzene rings is 3. The number of anilines is 1.